The second-order valence-electron chi connectivity index (χ2n) is 7.65. The first-order chi connectivity index (χ1) is 18.4. The third-order valence-corrected chi connectivity index (χ3v) is 4.92. The zero-order chi connectivity index (χ0) is 27.3. The molecule has 0 unspecified atom stereocenters. The van der Waals surface area contributed by atoms with Gasteiger partial charge >= 0.3 is 17.1 Å². The monoisotopic (exact) mass is 571 g/mol. The molecular formula is C28H24CuN6O4. The molecule has 0 bridgehead atoms. The fourth-order valence-electron chi connectivity index (χ4n) is 2.91. The molecule has 201 valence electrons. The topological polar surface area (TPSA) is 162 Å². The Balaban J connectivity index is 0.000000267. The van der Waals surface area contributed by atoms with E-state index in [1.165, 1.54) is 24.3 Å². The molecule has 0 aliphatic heterocycles. The molecule has 0 fully saturated rings. The Labute approximate surface area is 236 Å². The molecule has 2 aromatic heterocycles. The van der Waals surface area contributed by atoms with Crippen LogP contribution in [-0.2, 0) is 17.1 Å². The molecule has 10 nitrogen and oxygen atoms in total. The molecule has 2 N–H and O–H groups in total. The van der Waals surface area contributed by atoms with Gasteiger partial charge in [-0.2, -0.15) is 20.4 Å². The van der Waals surface area contributed by atoms with E-state index in [4.69, 9.17) is 0 Å². The first-order valence-electron chi connectivity index (χ1n) is 11.3. The standard InChI is InChI=1S/2C14H13N3O2.Cu/c2*1-10(12-7-4-5-9-15-12)16-17-14(19)11-6-2-3-8-13(11)18;/h2*2-9,18H,1H3,(H,17,19);/q;;+2/p-2/b2*16-10+;. The quantitative estimate of drug-likeness (QED) is 0.156. The van der Waals surface area contributed by atoms with Gasteiger partial charge in [0.25, 0.3) is 0 Å². The molecule has 39 heavy (non-hydrogen) atoms. The van der Waals surface area contributed by atoms with Crippen LogP contribution in [0.5, 0.6) is 11.5 Å². The van der Waals surface area contributed by atoms with Crippen molar-refractivity contribution in [2.45, 2.75) is 13.8 Å². The molecule has 0 amide bonds. The molecule has 0 atom stereocenters. The third-order valence-electron chi connectivity index (χ3n) is 4.92. The SMILES string of the molecule is C/C(=N\N=C(/[O-])c1ccccc1O)c1ccccn1.C/C(=N\N=C(/[O-])c1ccccc1O)c1ccccn1.[Cu+2]. The van der Waals surface area contributed by atoms with Crippen molar-refractivity contribution in [3.8, 4) is 11.5 Å². The van der Waals surface area contributed by atoms with Crippen LogP contribution in [0.15, 0.2) is 118 Å². The molecule has 4 rings (SSSR count). The predicted octanol–water partition coefficient (Wildman–Crippen LogP) is 2.63. The van der Waals surface area contributed by atoms with Gasteiger partial charge in [0.15, 0.2) is 0 Å². The summed E-state index contributed by atoms with van der Waals surface area (Å²) in [5.41, 5.74) is 2.61. The van der Waals surface area contributed by atoms with E-state index in [0.29, 0.717) is 22.8 Å². The van der Waals surface area contributed by atoms with Crippen molar-refractivity contribution in [3.63, 3.8) is 0 Å². The second-order valence-corrected chi connectivity index (χ2v) is 7.65. The van der Waals surface area contributed by atoms with Crippen LogP contribution in [0.25, 0.3) is 0 Å². The third kappa shape index (κ3) is 9.19. The summed E-state index contributed by atoms with van der Waals surface area (Å²) in [5.74, 6) is -1.40. The van der Waals surface area contributed by atoms with Crippen molar-refractivity contribution in [2.75, 3.05) is 0 Å². The summed E-state index contributed by atoms with van der Waals surface area (Å²) in [5, 5.41) is 57.4. The number of benzene rings is 2. The van der Waals surface area contributed by atoms with E-state index in [2.05, 4.69) is 30.4 Å². The smallest absolute Gasteiger partial charge is 0.857 e. The number of rotatable bonds is 6. The summed E-state index contributed by atoms with van der Waals surface area (Å²) in [6.45, 7) is 3.42. The van der Waals surface area contributed by atoms with Gasteiger partial charge in [0, 0.05) is 35.3 Å². The summed E-state index contributed by atoms with van der Waals surface area (Å²) in [7, 11) is 0. The van der Waals surface area contributed by atoms with Crippen LogP contribution >= 0.6 is 0 Å². The molecule has 2 heterocycles. The van der Waals surface area contributed by atoms with Gasteiger partial charge in [0.05, 0.1) is 22.8 Å². The maximum Gasteiger partial charge on any atom is 2.00 e. The van der Waals surface area contributed by atoms with Gasteiger partial charge in [-0.05, 0) is 50.2 Å². The van der Waals surface area contributed by atoms with E-state index < -0.39 is 11.8 Å². The number of pyridine rings is 2. The summed E-state index contributed by atoms with van der Waals surface area (Å²) < 4.78 is 0. The van der Waals surface area contributed by atoms with Crippen molar-refractivity contribution in [1.29, 1.82) is 0 Å². The summed E-state index contributed by atoms with van der Waals surface area (Å²) in [6.07, 6.45) is 3.28. The summed E-state index contributed by atoms with van der Waals surface area (Å²) in [6, 6.07) is 23.2. The molecule has 0 saturated heterocycles. The van der Waals surface area contributed by atoms with E-state index in [9.17, 15) is 20.4 Å². The molecule has 1 radical (unpaired) electrons. The molecule has 4 aromatic rings. The minimum Gasteiger partial charge on any atom is -0.857 e. The number of phenols is 2. The Bertz CT molecular complexity index is 1360. The fourth-order valence-corrected chi connectivity index (χ4v) is 2.91. The number of aromatic hydroxyl groups is 2. The van der Waals surface area contributed by atoms with E-state index >= 15 is 0 Å². The van der Waals surface area contributed by atoms with Crippen LogP contribution in [-0.4, -0.2) is 43.4 Å². The number of para-hydroxylation sites is 2. The number of nitrogens with zero attached hydrogens (tertiary/aromatic N) is 6. The van der Waals surface area contributed by atoms with Gasteiger partial charge in [0.2, 0.25) is 0 Å². The maximum atomic E-state index is 11.7. The van der Waals surface area contributed by atoms with Gasteiger partial charge in [0.1, 0.15) is 11.5 Å². The Hall–Kier alpha value is -4.86. The van der Waals surface area contributed by atoms with Gasteiger partial charge in [-0.1, -0.05) is 48.5 Å². The van der Waals surface area contributed by atoms with Crippen LogP contribution in [0, 0.1) is 0 Å². The van der Waals surface area contributed by atoms with Crippen LogP contribution in [0.2, 0.25) is 0 Å². The molecule has 2 aromatic carbocycles. The number of hydrogen-bond acceptors (Lipinski definition) is 10. The first kappa shape index (κ1) is 30.4. The molecule has 11 heteroatoms. The number of phenolic OH excluding ortho intramolecular Hbond substituents is 2. The molecular weight excluding hydrogens is 548 g/mol. The number of hydrogen-bond donors (Lipinski definition) is 2. The largest absolute Gasteiger partial charge is 2.00 e. The van der Waals surface area contributed by atoms with Gasteiger partial charge < -0.3 is 20.4 Å². The fraction of sp³-hybridized carbons (Fsp3) is 0.0714. The van der Waals surface area contributed by atoms with Crippen LogP contribution in [0.3, 0.4) is 0 Å². The van der Waals surface area contributed by atoms with Crippen LogP contribution < -0.4 is 10.2 Å². The van der Waals surface area contributed by atoms with Crippen molar-refractivity contribution in [2.24, 2.45) is 20.4 Å². The Morgan fingerprint density at radius 3 is 1.26 bits per heavy atom. The Kier molecular flexibility index (Phi) is 12.0. The zero-order valence-electron chi connectivity index (χ0n) is 20.9. The minimum atomic E-state index is -0.589. The van der Waals surface area contributed by atoms with Gasteiger partial charge in [-0.25, -0.2) is 0 Å². The van der Waals surface area contributed by atoms with E-state index in [1.807, 2.05) is 12.1 Å². The van der Waals surface area contributed by atoms with Crippen molar-refractivity contribution >= 4 is 23.2 Å². The first-order valence-corrected chi connectivity index (χ1v) is 11.3. The second kappa shape index (κ2) is 15.4. The van der Waals surface area contributed by atoms with Crippen LogP contribution in [0.4, 0.5) is 0 Å². The molecule has 0 aliphatic carbocycles. The van der Waals surface area contributed by atoms with E-state index in [1.54, 1.807) is 74.8 Å². The van der Waals surface area contributed by atoms with Gasteiger partial charge in [-0.15, -0.1) is 0 Å². The number of aromatic nitrogens is 2. The minimum absolute atomic E-state index is 0. The summed E-state index contributed by atoms with van der Waals surface area (Å²) >= 11 is 0. The molecule has 0 spiro atoms. The van der Waals surface area contributed by atoms with Crippen molar-refractivity contribution in [1.82, 2.24) is 9.97 Å². The van der Waals surface area contributed by atoms with Crippen molar-refractivity contribution in [3.05, 3.63) is 120 Å². The Morgan fingerprint density at radius 2 is 0.923 bits per heavy atom. The normalized spacial score (nSPS) is 12.2. The molecule has 0 saturated carbocycles. The van der Waals surface area contributed by atoms with Crippen LogP contribution in [0.1, 0.15) is 36.4 Å². The average Bonchev–Trinajstić information content (AvgIpc) is 2.96. The predicted molar refractivity (Wildman–Crippen MR) is 142 cm³/mol. The van der Waals surface area contributed by atoms with E-state index in [-0.39, 0.29) is 39.7 Å². The summed E-state index contributed by atoms with van der Waals surface area (Å²) in [4.78, 5) is 8.19. The van der Waals surface area contributed by atoms with Crippen molar-refractivity contribution < 1.29 is 37.5 Å². The Morgan fingerprint density at radius 1 is 0.564 bits per heavy atom. The molecule has 0 aliphatic rings. The van der Waals surface area contributed by atoms with E-state index in [0.717, 1.165) is 0 Å². The van der Waals surface area contributed by atoms with Gasteiger partial charge in [-0.3, -0.25) is 9.97 Å². The maximum absolute atomic E-state index is 11.7. The zero-order valence-corrected chi connectivity index (χ0v) is 21.9. The average molecular weight is 572 g/mol.